The molecule has 0 aliphatic heterocycles. The summed E-state index contributed by atoms with van der Waals surface area (Å²) in [4.78, 5) is 18.5. The van der Waals surface area contributed by atoms with Crippen LogP contribution in [0.5, 0.6) is 5.75 Å². The van der Waals surface area contributed by atoms with E-state index >= 15 is 0 Å². The van der Waals surface area contributed by atoms with Crippen molar-refractivity contribution in [2.45, 2.75) is 64.7 Å². The van der Waals surface area contributed by atoms with Gasteiger partial charge in [0, 0.05) is 11.8 Å². The molecule has 3 aliphatic carbocycles. The highest BCUT2D eigenvalue weighted by molar-refractivity contribution is 6.43. The van der Waals surface area contributed by atoms with Crippen molar-refractivity contribution in [3.63, 3.8) is 0 Å². The Morgan fingerprint density at radius 3 is 3.00 bits per heavy atom. The molecule has 0 unspecified atom stereocenters. The molecule has 1 aromatic rings. The van der Waals surface area contributed by atoms with Crippen LogP contribution < -0.4 is 0 Å². The van der Waals surface area contributed by atoms with E-state index in [0.29, 0.717) is 35.8 Å². The van der Waals surface area contributed by atoms with Crippen LogP contribution in [0.1, 0.15) is 69.4 Å². The number of ketones is 1. The molecule has 4 rings (SSSR count). The van der Waals surface area contributed by atoms with E-state index in [0.717, 1.165) is 44.9 Å². The maximum atomic E-state index is 13.0. The van der Waals surface area contributed by atoms with E-state index in [-0.39, 0.29) is 11.2 Å². The fourth-order valence-corrected chi connectivity index (χ4v) is 5.59. The number of carbonyl (C=O) groups is 1. The third kappa shape index (κ3) is 2.74. The Morgan fingerprint density at radius 2 is 2.19 bits per heavy atom. The van der Waals surface area contributed by atoms with Crippen LogP contribution in [0.2, 0.25) is 0 Å². The standard InChI is InChI=1S/C22H29NO3/c1-3-4-11-26-23-20-13-19-18-7-5-14-12-15(24)6-8-16(14)17(18)9-10-22(19,2)21(20)25/h6,8,12,17-19,24H,3-5,7,9-11,13H2,1-2H3/b23-20+/t17-,18-,19+,22+/m1/s1. The molecule has 1 aromatic carbocycles. The number of aryl methyl sites for hydroxylation is 1. The molecule has 140 valence electrons. The zero-order valence-electron chi connectivity index (χ0n) is 15.8. The Morgan fingerprint density at radius 1 is 1.35 bits per heavy atom. The third-order valence-corrected chi connectivity index (χ3v) is 7.06. The molecule has 0 saturated heterocycles. The van der Waals surface area contributed by atoms with Crippen LogP contribution in [-0.2, 0) is 16.1 Å². The van der Waals surface area contributed by atoms with Gasteiger partial charge in [-0.1, -0.05) is 31.5 Å². The van der Waals surface area contributed by atoms with E-state index in [4.69, 9.17) is 4.84 Å². The summed E-state index contributed by atoms with van der Waals surface area (Å²) in [6.45, 7) is 4.86. The molecule has 0 amide bonds. The predicted molar refractivity (Wildman–Crippen MR) is 101 cm³/mol. The van der Waals surface area contributed by atoms with Gasteiger partial charge in [-0.2, -0.15) is 0 Å². The summed E-state index contributed by atoms with van der Waals surface area (Å²) in [5.41, 5.74) is 3.06. The molecule has 4 atom stereocenters. The monoisotopic (exact) mass is 355 g/mol. The molecular formula is C22H29NO3. The molecule has 0 spiro atoms. The van der Waals surface area contributed by atoms with Crippen molar-refractivity contribution >= 4 is 11.5 Å². The van der Waals surface area contributed by atoms with Crippen molar-refractivity contribution in [2.75, 3.05) is 6.61 Å². The zero-order chi connectivity index (χ0) is 18.3. The van der Waals surface area contributed by atoms with E-state index in [1.54, 1.807) is 0 Å². The van der Waals surface area contributed by atoms with E-state index in [2.05, 4.69) is 25.1 Å². The third-order valence-electron chi connectivity index (χ3n) is 7.06. The quantitative estimate of drug-likeness (QED) is 0.634. The molecule has 0 bridgehead atoms. The van der Waals surface area contributed by atoms with E-state index in [1.165, 1.54) is 11.1 Å². The van der Waals surface area contributed by atoms with Gasteiger partial charge in [-0.3, -0.25) is 4.79 Å². The van der Waals surface area contributed by atoms with Crippen LogP contribution in [0.25, 0.3) is 0 Å². The molecule has 2 saturated carbocycles. The summed E-state index contributed by atoms with van der Waals surface area (Å²) in [6, 6.07) is 5.83. The lowest BCUT2D eigenvalue weighted by atomic mass is 9.55. The maximum Gasteiger partial charge on any atom is 0.186 e. The van der Waals surface area contributed by atoms with Crippen LogP contribution >= 0.6 is 0 Å². The van der Waals surface area contributed by atoms with Crippen molar-refractivity contribution in [3.05, 3.63) is 29.3 Å². The van der Waals surface area contributed by atoms with Crippen LogP contribution in [0.3, 0.4) is 0 Å². The first kappa shape index (κ1) is 17.6. The molecule has 4 heteroatoms. The van der Waals surface area contributed by atoms with Crippen molar-refractivity contribution < 1.29 is 14.7 Å². The summed E-state index contributed by atoms with van der Waals surface area (Å²) < 4.78 is 0. The highest BCUT2D eigenvalue weighted by Crippen LogP contribution is 2.59. The number of Topliss-reactive ketones (excluding diaryl/α,β-unsaturated/α-hetero) is 1. The van der Waals surface area contributed by atoms with Crippen molar-refractivity contribution in [3.8, 4) is 5.75 Å². The number of carbonyl (C=O) groups excluding carboxylic acids is 1. The molecule has 0 heterocycles. The molecular weight excluding hydrogens is 326 g/mol. The minimum absolute atomic E-state index is 0.217. The zero-order valence-corrected chi connectivity index (χ0v) is 15.8. The fraction of sp³-hybridized carbons (Fsp3) is 0.636. The molecule has 1 N–H and O–H groups in total. The molecule has 3 aliphatic rings. The topological polar surface area (TPSA) is 58.9 Å². The summed E-state index contributed by atoms with van der Waals surface area (Å²) in [7, 11) is 0. The normalized spacial score (nSPS) is 34.3. The van der Waals surface area contributed by atoms with Gasteiger partial charge in [0.2, 0.25) is 0 Å². The second-order valence-corrected chi connectivity index (χ2v) is 8.51. The average molecular weight is 355 g/mol. The molecule has 2 fully saturated rings. The number of fused-ring (bicyclic) bond motifs is 5. The first-order valence-corrected chi connectivity index (χ1v) is 10.1. The lowest BCUT2D eigenvalue weighted by molar-refractivity contribution is -0.125. The van der Waals surface area contributed by atoms with Gasteiger partial charge >= 0.3 is 0 Å². The second-order valence-electron chi connectivity index (χ2n) is 8.51. The fourth-order valence-electron chi connectivity index (χ4n) is 5.59. The predicted octanol–water partition coefficient (Wildman–Crippen LogP) is 4.60. The smallest absolute Gasteiger partial charge is 0.186 e. The summed E-state index contributed by atoms with van der Waals surface area (Å²) in [5, 5.41) is 14.0. The summed E-state index contributed by atoms with van der Waals surface area (Å²) in [5.74, 6) is 1.97. The average Bonchev–Trinajstić information content (AvgIpc) is 2.89. The van der Waals surface area contributed by atoms with Crippen LogP contribution in [0.15, 0.2) is 23.4 Å². The molecule has 4 nitrogen and oxygen atoms in total. The van der Waals surface area contributed by atoms with E-state index < -0.39 is 0 Å². The van der Waals surface area contributed by atoms with Gasteiger partial charge in [0.25, 0.3) is 0 Å². The van der Waals surface area contributed by atoms with Gasteiger partial charge < -0.3 is 9.94 Å². The van der Waals surface area contributed by atoms with Gasteiger partial charge in [-0.15, -0.1) is 0 Å². The number of hydrogen-bond acceptors (Lipinski definition) is 4. The van der Waals surface area contributed by atoms with E-state index in [1.807, 2.05) is 12.1 Å². The Balaban J connectivity index is 1.58. The number of aromatic hydroxyl groups is 1. The molecule has 0 aromatic heterocycles. The number of oxime groups is 1. The van der Waals surface area contributed by atoms with Crippen molar-refractivity contribution in [1.29, 1.82) is 0 Å². The van der Waals surface area contributed by atoms with Crippen molar-refractivity contribution in [2.24, 2.45) is 22.4 Å². The Bertz CT molecular complexity index is 741. The number of nitrogens with zero attached hydrogens (tertiary/aromatic N) is 1. The largest absolute Gasteiger partial charge is 0.508 e. The van der Waals surface area contributed by atoms with E-state index in [9.17, 15) is 9.90 Å². The van der Waals surface area contributed by atoms with Crippen LogP contribution in [0, 0.1) is 17.3 Å². The maximum absolute atomic E-state index is 13.0. The Kier molecular flexibility index (Phi) is 4.54. The number of rotatable bonds is 4. The van der Waals surface area contributed by atoms with Gasteiger partial charge in [-0.05, 0) is 73.1 Å². The minimum atomic E-state index is -0.275. The van der Waals surface area contributed by atoms with Crippen LogP contribution in [0.4, 0.5) is 0 Å². The van der Waals surface area contributed by atoms with Gasteiger partial charge in [-0.25, -0.2) is 0 Å². The highest BCUT2D eigenvalue weighted by Gasteiger charge is 2.57. The molecule has 26 heavy (non-hydrogen) atoms. The Hall–Kier alpha value is -1.84. The lowest BCUT2D eigenvalue weighted by Gasteiger charge is -2.47. The summed E-state index contributed by atoms with van der Waals surface area (Å²) in [6.07, 6.45) is 6.86. The number of phenols is 1. The second kappa shape index (κ2) is 6.71. The number of benzene rings is 1. The van der Waals surface area contributed by atoms with Crippen molar-refractivity contribution in [1.82, 2.24) is 0 Å². The summed E-state index contributed by atoms with van der Waals surface area (Å²) >= 11 is 0. The van der Waals surface area contributed by atoms with Crippen LogP contribution in [-0.4, -0.2) is 23.2 Å². The first-order chi connectivity index (χ1) is 12.5. The molecule has 0 radical (unpaired) electrons. The SMILES string of the molecule is CCCCO/N=C1\C[C@H]2[C@@H]3CCc4cc(O)ccc4[C@H]3CC[C@]2(C)C1=O. The first-order valence-electron chi connectivity index (χ1n) is 10.1. The minimum Gasteiger partial charge on any atom is -0.508 e. The Labute approximate surface area is 155 Å². The number of unbranched alkanes of at least 4 members (excludes halogenated alkanes) is 1. The van der Waals surface area contributed by atoms with Gasteiger partial charge in [0.1, 0.15) is 18.1 Å². The van der Waals surface area contributed by atoms with Gasteiger partial charge in [0.15, 0.2) is 5.78 Å². The number of phenolic OH excluding ortho intramolecular Hbond substituents is 1. The number of hydrogen-bond donors (Lipinski definition) is 1. The van der Waals surface area contributed by atoms with Gasteiger partial charge in [0.05, 0.1) is 0 Å². The highest BCUT2D eigenvalue weighted by atomic mass is 16.6. The lowest BCUT2D eigenvalue weighted by Crippen LogP contribution is -2.42.